The minimum atomic E-state index is -1.14. The third kappa shape index (κ3) is 6.47. The molecule has 170 valence electrons. The molecule has 2 amide bonds. The monoisotopic (exact) mass is 431 g/mol. The van der Waals surface area contributed by atoms with Gasteiger partial charge in [0.1, 0.15) is 17.7 Å². The van der Waals surface area contributed by atoms with Crippen molar-refractivity contribution >= 4 is 28.9 Å². The molecule has 0 fully saturated rings. The first-order valence-corrected chi connectivity index (χ1v) is 10.5. The Kier molecular flexibility index (Phi) is 7.70. The van der Waals surface area contributed by atoms with Crippen LogP contribution in [-0.2, 0) is 27.8 Å². The van der Waals surface area contributed by atoms with Crippen LogP contribution in [0, 0.1) is 5.92 Å². The molecule has 8 nitrogen and oxygen atoms in total. The Morgan fingerprint density at radius 3 is 2.39 bits per heavy atom. The lowest BCUT2D eigenvalue weighted by Crippen LogP contribution is -2.55. The number of hydrogen-bond acceptors (Lipinski definition) is 4. The standard InChI is InChI=1S/C23H33N3O5/c1-7-14(2)19(25-22(30)31-23(3,4)5)20(27)24-17(21(28)29)12-15-13-26(6)18-11-9-8-10-16(15)18/h8-11,13-14,17,19H,7,12H2,1-6H3,(H,24,27)(H,25,30)(H,28,29)/t14-,17+,19-/m0/s1. The van der Waals surface area contributed by atoms with Gasteiger partial charge in [0, 0.05) is 30.6 Å². The highest BCUT2D eigenvalue weighted by Gasteiger charge is 2.31. The van der Waals surface area contributed by atoms with Gasteiger partial charge in [-0.3, -0.25) is 4.79 Å². The van der Waals surface area contributed by atoms with Gasteiger partial charge in [-0.1, -0.05) is 38.5 Å². The van der Waals surface area contributed by atoms with Crippen molar-refractivity contribution in [3.8, 4) is 0 Å². The molecule has 0 aliphatic heterocycles. The van der Waals surface area contributed by atoms with E-state index < -0.39 is 35.7 Å². The van der Waals surface area contributed by atoms with Crippen LogP contribution < -0.4 is 10.6 Å². The first-order chi connectivity index (χ1) is 14.4. The van der Waals surface area contributed by atoms with Gasteiger partial charge in [-0.2, -0.15) is 0 Å². The number of nitrogens with one attached hydrogen (secondary N) is 2. The molecule has 0 saturated carbocycles. The fourth-order valence-corrected chi connectivity index (χ4v) is 3.41. The molecule has 31 heavy (non-hydrogen) atoms. The summed E-state index contributed by atoms with van der Waals surface area (Å²) in [4.78, 5) is 37.1. The number of aromatic nitrogens is 1. The van der Waals surface area contributed by atoms with E-state index in [4.69, 9.17) is 4.74 Å². The summed E-state index contributed by atoms with van der Waals surface area (Å²) in [6.45, 7) is 8.91. The number of carbonyl (C=O) groups is 3. The minimum absolute atomic E-state index is 0.127. The van der Waals surface area contributed by atoms with E-state index in [9.17, 15) is 19.5 Å². The highest BCUT2D eigenvalue weighted by molar-refractivity contribution is 5.90. The lowest BCUT2D eigenvalue weighted by molar-refractivity contribution is -0.142. The Morgan fingerprint density at radius 2 is 1.81 bits per heavy atom. The predicted molar refractivity (Wildman–Crippen MR) is 119 cm³/mol. The Hall–Kier alpha value is -3.03. The number of carbonyl (C=O) groups excluding carboxylic acids is 2. The second kappa shape index (κ2) is 9.85. The quantitative estimate of drug-likeness (QED) is 0.594. The molecule has 0 bridgehead atoms. The zero-order valence-corrected chi connectivity index (χ0v) is 19.1. The van der Waals surface area contributed by atoms with Crippen LogP contribution in [0.15, 0.2) is 30.5 Å². The largest absolute Gasteiger partial charge is 0.480 e. The lowest BCUT2D eigenvalue weighted by Gasteiger charge is -2.27. The molecule has 3 atom stereocenters. The summed E-state index contributed by atoms with van der Waals surface area (Å²) in [5.74, 6) is -1.89. The number of alkyl carbamates (subject to hydrolysis) is 1. The molecule has 0 radical (unpaired) electrons. The second-order valence-corrected chi connectivity index (χ2v) is 8.90. The number of carboxylic acids is 1. The number of nitrogens with zero attached hydrogens (tertiary/aromatic N) is 1. The van der Waals surface area contributed by atoms with Crippen LogP contribution in [0.4, 0.5) is 4.79 Å². The van der Waals surface area contributed by atoms with Crippen molar-refractivity contribution in [2.45, 2.75) is 65.1 Å². The van der Waals surface area contributed by atoms with Crippen LogP contribution in [0.25, 0.3) is 10.9 Å². The Morgan fingerprint density at radius 1 is 1.16 bits per heavy atom. The van der Waals surface area contributed by atoms with Crippen LogP contribution >= 0.6 is 0 Å². The van der Waals surface area contributed by atoms with Crippen molar-refractivity contribution in [2.75, 3.05) is 0 Å². The number of benzene rings is 1. The van der Waals surface area contributed by atoms with Crippen LogP contribution in [0.5, 0.6) is 0 Å². The highest BCUT2D eigenvalue weighted by Crippen LogP contribution is 2.22. The molecule has 0 aliphatic carbocycles. The van der Waals surface area contributed by atoms with Gasteiger partial charge in [-0.25, -0.2) is 9.59 Å². The fraction of sp³-hybridized carbons (Fsp3) is 0.522. The van der Waals surface area contributed by atoms with Crippen LogP contribution in [0.2, 0.25) is 0 Å². The summed E-state index contributed by atoms with van der Waals surface area (Å²) in [5.41, 5.74) is 1.10. The van der Waals surface area contributed by atoms with Crippen molar-refractivity contribution in [2.24, 2.45) is 13.0 Å². The lowest BCUT2D eigenvalue weighted by atomic mass is 9.97. The van der Waals surface area contributed by atoms with E-state index in [2.05, 4.69) is 10.6 Å². The number of carboxylic acid groups (broad SMARTS) is 1. The van der Waals surface area contributed by atoms with Gasteiger partial charge in [-0.15, -0.1) is 0 Å². The molecule has 1 heterocycles. The van der Waals surface area contributed by atoms with Crippen molar-refractivity contribution in [3.05, 3.63) is 36.0 Å². The third-order valence-electron chi connectivity index (χ3n) is 5.19. The number of amides is 2. The molecule has 0 aliphatic rings. The molecule has 0 unspecified atom stereocenters. The average molecular weight is 432 g/mol. The van der Waals surface area contributed by atoms with Gasteiger partial charge in [-0.05, 0) is 38.3 Å². The first kappa shape index (κ1) is 24.2. The van der Waals surface area contributed by atoms with Gasteiger partial charge in [0.25, 0.3) is 0 Å². The summed E-state index contributed by atoms with van der Waals surface area (Å²) >= 11 is 0. The molecule has 1 aromatic carbocycles. The average Bonchev–Trinajstić information content (AvgIpc) is 2.99. The molecular formula is C23H33N3O5. The molecule has 1 aromatic heterocycles. The minimum Gasteiger partial charge on any atom is -0.480 e. The number of aryl methyl sites for hydroxylation is 1. The van der Waals surface area contributed by atoms with Crippen molar-refractivity contribution in [3.63, 3.8) is 0 Å². The number of para-hydroxylation sites is 1. The van der Waals surface area contributed by atoms with Crippen molar-refractivity contribution < 1.29 is 24.2 Å². The maximum absolute atomic E-state index is 13.0. The molecule has 0 saturated heterocycles. The maximum Gasteiger partial charge on any atom is 0.408 e. The number of hydrogen-bond donors (Lipinski definition) is 3. The van der Waals surface area contributed by atoms with Gasteiger partial charge in [0.15, 0.2) is 0 Å². The van der Waals surface area contributed by atoms with Crippen molar-refractivity contribution in [1.29, 1.82) is 0 Å². The topological polar surface area (TPSA) is 110 Å². The molecule has 2 rings (SSSR count). The Bertz CT molecular complexity index is 944. The Balaban J connectivity index is 2.19. The van der Waals surface area contributed by atoms with Gasteiger partial charge in [0.2, 0.25) is 5.91 Å². The summed E-state index contributed by atoms with van der Waals surface area (Å²) < 4.78 is 7.19. The van der Waals surface area contributed by atoms with E-state index in [1.54, 1.807) is 20.8 Å². The van der Waals surface area contributed by atoms with Crippen molar-refractivity contribution in [1.82, 2.24) is 15.2 Å². The number of aliphatic carboxylic acids is 1. The maximum atomic E-state index is 13.0. The molecular weight excluding hydrogens is 398 g/mol. The van der Waals surface area contributed by atoms with E-state index in [0.717, 1.165) is 16.5 Å². The van der Waals surface area contributed by atoms with Crippen LogP contribution in [0.3, 0.4) is 0 Å². The van der Waals surface area contributed by atoms with E-state index in [1.807, 2.05) is 55.9 Å². The zero-order chi connectivity index (χ0) is 23.3. The summed E-state index contributed by atoms with van der Waals surface area (Å²) in [7, 11) is 1.89. The normalized spacial score (nSPS) is 14.5. The molecule has 0 spiro atoms. The third-order valence-corrected chi connectivity index (χ3v) is 5.19. The first-order valence-electron chi connectivity index (χ1n) is 10.5. The summed E-state index contributed by atoms with van der Waals surface area (Å²) in [5, 5.41) is 15.9. The summed E-state index contributed by atoms with van der Waals surface area (Å²) in [6, 6.07) is 5.65. The van der Waals surface area contributed by atoms with E-state index in [1.165, 1.54) is 0 Å². The molecule has 8 heteroatoms. The summed E-state index contributed by atoms with van der Waals surface area (Å²) in [6.07, 6.45) is 1.91. The van der Waals surface area contributed by atoms with Gasteiger partial charge in [0.05, 0.1) is 0 Å². The number of ether oxygens (including phenoxy) is 1. The van der Waals surface area contributed by atoms with Gasteiger partial charge < -0.3 is 25.0 Å². The number of fused-ring (bicyclic) bond motifs is 1. The smallest absolute Gasteiger partial charge is 0.408 e. The number of rotatable bonds is 8. The molecule has 3 N–H and O–H groups in total. The Labute approximate surface area is 182 Å². The zero-order valence-electron chi connectivity index (χ0n) is 19.1. The fourth-order valence-electron chi connectivity index (χ4n) is 3.41. The van der Waals surface area contributed by atoms with E-state index >= 15 is 0 Å². The SMILES string of the molecule is CC[C@H](C)[C@H](NC(=O)OC(C)(C)C)C(=O)N[C@H](Cc1cn(C)c2ccccc12)C(=O)O. The van der Waals surface area contributed by atoms with E-state index in [-0.39, 0.29) is 12.3 Å². The molecule has 2 aromatic rings. The second-order valence-electron chi connectivity index (χ2n) is 8.90. The highest BCUT2D eigenvalue weighted by atomic mass is 16.6. The van der Waals surface area contributed by atoms with Crippen LogP contribution in [0.1, 0.15) is 46.6 Å². The predicted octanol–water partition coefficient (Wildman–Crippen LogP) is 3.23. The van der Waals surface area contributed by atoms with Crippen LogP contribution in [-0.4, -0.2) is 45.3 Å². The van der Waals surface area contributed by atoms with Gasteiger partial charge >= 0.3 is 12.1 Å². The van der Waals surface area contributed by atoms with E-state index in [0.29, 0.717) is 6.42 Å².